The van der Waals surface area contributed by atoms with Gasteiger partial charge in [0.2, 0.25) is 0 Å². The van der Waals surface area contributed by atoms with Crippen LogP contribution >= 0.6 is 0 Å². The minimum Gasteiger partial charge on any atom is -0.106 e. The first-order valence-electron chi connectivity index (χ1n) is 10.7. The van der Waals surface area contributed by atoms with E-state index >= 15 is 0 Å². The third kappa shape index (κ3) is 3.45. The highest BCUT2D eigenvalue weighted by atomic mass is 14.4. The van der Waals surface area contributed by atoms with Gasteiger partial charge in [-0.1, -0.05) is 104 Å². The van der Waals surface area contributed by atoms with Gasteiger partial charge in [-0.15, -0.1) is 13.2 Å². The molecule has 0 heterocycles. The predicted molar refractivity (Wildman–Crippen MR) is 136 cm³/mol. The van der Waals surface area contributed by atoms with Crippen molar-refractivity contribution in [2.24, 2.45) is 0 Å². The van der Waals surface area contributed by atoms with Crippen molar-refractivity contribution in [2.75, 3.05) is 0 Å². The summed E-state index contributed by atoms with van der Waals surface area (Å²) in [5.41, 5.74) is 12.1. The van der Waals surface area contributed by atoms with Crippen molar-refractivity contribution in [1.29, 1.82) is 0 Å². The molecule has 0 spiro atoms. The van der Waals surface area contributed by atoms with Crippen LogP contribution in [0.3, 0.4) is 0 Å². The highest BCUT2D eigenvalue weighted by molar-refractivity contribution is 5.91. The van der Waals surface area contributed by atoms with E-state index in [1.54, 1.807) is 6.08 Å². The van der Waals surface area contributed by atoms with E-state index in [2.05, 4.69) is 106 Å². The van der Waals surface area contributed by atoms with E-state index in [1.807, 2.05) is 12.2 Å². The molecule has 2 unspecified atom stereocenters. The summed E-state index contributed by atoms with van der Waals surface area (Å²) >= 11 is 0. The molecule has 2 aromatic carbocycles. The second-order valence-corrected chi connectivity index (χ2v) is 7.98. The second kappa shape index (κ2) is 8.62. The first-order valence-corrected chi connectivity index (χ1v) is 10.7. The Hall–Kier alpha value is -3.64. The van der Waals surface area contributed by atoms with E-state index in [0.717, 1.165) is 5.57 Å². The first-order chi connectivity index (χ1) is 15.2. The van der Waals surface area contributed by atoms with Gasteiger partial charge in [0.25, 0.3) is 0 Å². The Morgan fingerprint density at radius 2 is 1.74 bits per heavy atom. The number of allylic oxidation sites excluding steroid dienone is 11. The molecule has 0 heteroatoms. The lowest BCUT2D eigenvalue weighted by Crippen LogP contribution is -2.00. The molecule has 5 rings (SSSR count). The van der Waals surface area contributed by atoms with Gasteiger partial charge < -0.3 is 0 Å². The van der Waals surface area contributed by atoms with Crippen LogP contribution in [0.25, 0.3) is 17.2 Å². The summed E-state index contributed by atoms with van der Waals surface area (Å²) in [5.74, 6) is 0.666. The van der Waals surface area contributed by atoms with Gasteiger partial charge in [0.05, 0.1) is 0 Å². The van der Waals surface area contributed by atoms with E-state index < -0.39 is 0 Å². The maximum Gasteiger partial charge on any atom is 0.0312 e. The van der Waals surface area contributed by atoms with Gasteiger partial charge in [-0.25, -0.2) is 0 Å². The molecular formula is C31H28. The minimum atomic E-state index is 0.271. The average molecular weight is 401 g/mol. The number of fused-ring (bicyclic) bond motifs is 7. The molecule has 3 aliphatic carbocycles. The zero-order valence-corrected chi connectivity index (χ0v) is 18.1. The van der Waals surface area contributed by atoms with Gasteiger partial charge in [0, 0.05) is 11.8 Å². The molecule has 0 radical (unpaired) electrons. The number of benzene rings is 2. The molecule has 2 atom stereocenters. The third-order valence-corrected chi connectivity index (χ3v) is 6.19. The van der Waals surface area contributed by atoms with E-state index in [9.17, 15) is 0 Å². The summed E-state index contributed by atoms with van der Waals surface area (Å²) in [6.45, 7) is 16.2. The Morgan fingerprint density at radius 1 is 0.968 bits per heavy atom. The van der Waals surface area contributed by atoms with Crippen LogP contribution in [0.15, 0.2) is 128 Å². The molecular weight excluding hydrogens is 372 g/mol. The normalized spacial score (nSPS) is 19.6. The molecule has 0 aromatic heterocycles. The third-order valence-electron chi connectivity index (χ3n) is 6.19. The highest BCUT2D eigenvalue weighted by Crippen LogP contribution is 2.53. The lowest BCUT2D eigenvalue weighted by atomic mass is 9.86. The standard InChI is InChI=1S/C29H24.C2H4/c1-4-5-10-19(2)17-20(3)28-24-13-8-9-14-25(24)29-26(28)16-15-23-22-12-7-6-11-21(22)18-27(23)29;1-2/h4-18,22,28H,1-2H2,3H3;1-2H2/b10-5+,20-17+;. The van der Waals surface area contributed by atoms with Crippen LogP contribution in [0.1, 0.15) is 41.0 Å². The maximum absolute atomic E-state index is 4.19. The number of hydrogen-bond donors (Lipinski definition) is 0. The Bertz CT molecular complexity index is 1210. The van der Waals surface area contributed by atoms with Crippen LogP contribution in [0, 0.1) is 0 Å². The molecule has 31 heavy (non-hydrogen) atoms. The Morgan fingerprint density at radius 3 is 2.55 bits per heavy atom. The fourth-order valence-electron chi connectivity index (χ4n) is 5.01. The fraction of sp³-hybridized carbons (Fsp3) is 0.0968. The van der Waals surface area contributed by atoms with Crippen LogP contribution in [0.2, 0.25) is 0 Å². The molecule has 0 nitrogen and oxygen atoms in total. The van der Waals surface area contributed by atoms with E-state index in [0.29, 0.717) is 5.92 Å². The van der Waals surface area contributed by atoms with Gasteiger partial charge in [-0.2, -0.15) is 0 Å². The summed E-state index contributed by atoms with van der Waals surface area (Å²) in [5, 5.41) is 0. The lowest BCUT2D eigenvalue weighted by molar-refractivity contribution is 0.973. The molecule has 152 valence electrons. The van der Waals surface area contributed by atoms with Crippen LogP contribution in [0.4, 0.5) is 0 Å². The van der Waals surface area contributed by atoms with Gasteiger partial charge in [0.1, 0.15) is 0 Å². The summed E-state index contributed by atoms with van der Waals surface area (Å²) in [6.07, 6.45) is 19.2. The van der Waals surface area contributed by atoms with E-state index in [1.165, 1.54) is 44.5 Å². The van der Waals surface area contributed by atoms with Gasteiger partial charge in [0.15, 0.2) is 0 Å². The van der Waals surface area contributed by atoms with Gasteiger partial charge >= 0.3 is 0 Å². The lowest BCUT2D eigenvalue weighted by Gasteiger charge is -2.17. The van der Waals surface area contributed by atoms with Crippen molar-refractivity contribution in [3.8, 4) is 11.1 Å². The van der Waals surface area contributed by atoms with Crippen molar-refractivity contribution < 1.29 is 0 Å². The Balaban J connectivity index is 0.00000112. The summed E-state index contributed by atoms with van der Waals surface area (Å²) in [7, 11) is 0. The van der Waals surface area contributed by atoms with Crippen LogP contribution in [-0.4, -0.2) is 0 Å². The largest absolute Gasteiger partial charge is 0.106 e. The number of rotatable bonds is 4. The van der Waals surface area contributed by atoms with Crippen molar-refractivity contribution >= 4 is 6.08 Å². The van der Waals surface area contributed by atoms with Gasteiger partial charge in [-0.05, 0) is 57.5 Å². The van der Waals surface area contributed by atoms with Crippen LogP contribution in [-0.2, 0) is 0 Å². The molecule has 0 amide bonds. The van der Waals surface area contributed by atoms with Crippen molar-refractivity contribution in [1.82, 2.24) is 0 Å². The smallest absolute Gasteiger partial charge is 0.0312 e. The second-order valence-electron chi connectivity index (χ2n) is 7.98. The van der Waals surface area contributed by atoms with E-state index in [-0.39, 0.29) is 5.92 Å². The van der Waals surface area contributed by atoms with Crippen LogP contribution < -0.4 is 0 Å². The van der Waals surface area contributed by atoms with E-state index in [4.69, 9.17) is 0 Å². The maximum atomic E-state index is 4.19. The minimum absolute atomic E-state index is 0.271. The highest BCUT2D eigenvalue weighted by Gasteiger charge is 2.35. The molecule has 0 saturated heterocycles. The monoisotopic (exact) mass is 400 g/mol. The topological polar surface area (TPSA) is 0 Å². The summed E-state index contributed by atoms with van der Waals surface area (Å²) in [4.78, 5) is 0. The quantitative estimate of drug-likeness (QED) is 0.357. The summed E-state index contributed by atoms with van der Waals surface area (Å²) < 4.78 is 0. The van der Waals surface area contributed by atoms with Gasteiger partial charge in [-0.3, -0.25) is 0 Å². The van der Waals surface area contributed by atoms with Crippen LogP contribution in [0.5, 0.6) is 0 Å². The SMILES string of the molecule is C=C.C=C/C=C/C(=C)/C=C(\C)C1c2ccccc2-c2c1ccc1c2C=C2C=CC=CC21. The fourth-order valence-corrected chi connectivity index (χ4v) is 5.01. The Labute approximate surface area is 186 Å². The van der Waals surface area contributed by atoms with Crippen molar-refractivity contribution in [3.63, 3.8) is 0 Å². The predicted octanol–water partition coefficient (Wildman–Crippen LogP) is 8.45. The zero-order valence-electron chi connectivity index (χ0n) is 18.1. The molecule has 0 aliphatic heterocycles. The molecule has 2 aromatic rings. The zero-order chi connectivity index (χ0) is 22.0. The first kappa shape index (κ1) is 20.6. The summed E-state index contributed by atoms with van der Waals surface area (Å²) in [6, 6.07) is 13.6. The molecule has 0 saturated carbocycles. The molecule has 0 fully saturated rings. The molecule has 0 bridgehead atoms. The van der Waals surface area contributed by atoms with Crippen molar-refractivity contribution in [2.45, 2.75) is 18.8 Å². The van der Waals surface area contributed by atoms with Crippen molar-refractivity contribution in [3.05, 3.63) is 150 Å². The molecule has 0 N–H and O–H groups in total. The Kier molecular flexibility index (Phi) is 5.73. The average Bonchev–Trinajstić information content (AvgIpc) is 3.34. The molecule has 3 aliphatic rings. The number of hydrogen-bond acceptors (Lipinski definition) is 0.